The van der Waals surface area contributed by atoms with E-state index in [0.29, 0.717) is 0 Å². The maximum Gasteiger partial charge on any atom is 0.358 e. The fourth-order valence-electron chi connectivity index (χ4n) is 1.06. The molecule has 3 heteroatoms. The molecule has 0 amide bonds. The summed E-state index contributed by atoms with van der Waals surface area (Å²) < 4.78 is 0. The first-order valence-electron chi connectivity index (χ1n) is 3.22. The number of rotatable bonds is 1. The van der Waals surface area contributed by atoms with Gasteiger partial charge in [-0.2, -0.15) is 0 Å². The minimum Gasteiger partial charge on any atom is -0.317 e. The summed E-state index contributed by atoms with van der Waals surface area (Å²) >= 11 is 0. The maximum atomic E-state index is 10.2. The van der Waals surface area contributed by atoms with Crippen molar-refractivity contribution in [1.82, 2.24) is 5.32 Å². The van der Waals surface area contributed by atoms with Crippen LogP contribution in [0.4, 0.5) is 0 Å². The fourth-order valence-corrected chi connectivity index (χ4v) is 1.06. The van der Waals surface area contributed by atoms with Gasteiger partial charge in [-0.05, 0) is 25.9 Å². The third-order valence-electron chi connectivity index (χ3n) is 1.67. The molecule has 1 aliphatic heterocycles. The van der Waals surface area contributed by atoms with Gasteiger partial charge < -0.3 is 5.32 Å². The largest absolute Gasteiger partial charge is 0.358 e. The highest BCUT2D eigenvalue weighted by molar-refractivity contribution is 5.69. The van der Waals surface area contributed by atoms with Crippen LogP contribution in [0, 0.1) is 5.92 Å². The summed E-state index contributed by atoms with van der Waals surface area (Å²) in [6.45, 7) is 1.64. The van der Waals surface area contributed by atoms with E-state index in [4.69, 9.17) is 0 Å². The highest BCUT2D eigenvalue weighted by atomic mass is 16.4. The van der Waals surface area contributed by atoms with Gasteiger partial charge in [0, 0.05) is 0 Å². The van der Waals surface area contributed by atoms with E-state index in [-0.39, 0.29) is 5.92 Å². The Balaban J connectivity index is 2.31. The Kier molecular flexibility index (Phi) is 2.05. The molecule has 1 heterocycles. The van der Waals surface area contributed by atoms with E-state index in [1.54, 1.807) is 0 Å². The van der Waals surface area contributed by atoms with Crippen LogP contribution in [0.5, 0.6) is 0 Å². The molecule has 1 radical (unpaired) electrons. The van der Waals surface area contributed by atoms with Crippen molar-refractivity contribution in [2.45, 2.75) is 12.8 Å². The van der Waals surface area contributed by atoms with E-state index in [0.717, 1.165) is 25.9 Å². The van der Waals surface area contributed by atoms with E-state index < -0.39 is 5.97 Å². The summed E-state index contributed by atoms with van der Waals surface area (Å²) in [6, 6.07) is 0. The van der Waals surface area contributed by atoms with Gasteiger partial charge in [0.2, 0.25) is 0 Å². The number of hydrogen-bond acceptors (Lipinski definition) is 2. The summed E-state index contributed by atoms with van der Waals surface area (Å²) in [5.74, 6) is -1.09. The molecular weight excluding hydrogens is 118 g/mol. The van der Waals surface area contributed by atoms with E-state index >= 15 is 0 Å². The SMILES string of the molecule is [O]C(=O)C1CCNCC1. The van der Waals surface area contributed by atoms with Crippen LogP contribution in [0.3, 0.4) is 0 Å². The molecular formula is C6H10NO2. The van der Waals surface area contributed by atoms with Gasteiger partial charge in [-0.1, -0.05) is 0 Å². The van der Waals surface area contributed by atoms with Gasteiger partial charge in [-0.3, -0.25) is 0 Å². The minimum atomic E-state index is -0.892. The van der Waals surface area contributed by atoms with E-state index in [1.807, 2.05) is 0 Å². The summed E-state index contributed by atoms with van der Waals surface area (Å²) in [5, 5.41) is 13.3. The zero-order chi connectivity index (χ0) is 6.69. The molecule has 0 saturated carbocycles. The first-order chi connectivity index (χ1) is 4.30. The van der Waals surface area contributed by atoms with Gasteiger partial charge in [-0.25, -0.2) is 9.90 Å². The quantitative estimate of drug-likeness (QED) is 0.538. The lowest BCUT2D eigenvalue weighted by Crippen LogP contribution is -2.31. The monoisotopic (exact) mass is 128 g/mol. The molecule has 0 spiro atoms. The summed E-state index contributed by atoms with van der Waals surface area (Å²) in [5.41, 5.74) is 0. The van der Waals surface area contributed by atoms with Crippen molar-refractivity contribution in [3.8, 4) is 0 Å². The van der Waals surface area contributed by atoms with Gasteiger partial charge in [-0.15, -0.1) is 0 Å². The molecule has 0 aliphatic carbocycles. The Morgan fingerprint density at radius 1 is 1.33 bits per heavy atom. The lowest BCUT2D eigenvalue weighted by Gasteiger charge is -2.16. The van der Waals surface area contributed by atoms with Crippen molar-refractivity contribution in [1.29, 1.82) is 0 Å². The molecule has 0 atom stereocenters. The van der Waals surface area contributed by atoms with Gasteiger partial charge in [0.05, 0.1) is 5.92 Å². The lowest BCUT2D eigenvalue weighted by molar-refractivity contribution is -0.148. The highest BCUT2D eigenvalue weighted by Crippen LogP contribution is 2.10. The number of carbonyl (C=O) groups excluding carboxylic acids is 1. The Morgan fingerprint density at radius 3 is 2.22 bits per heavy atom. The lowest BCUT2D eigenvalue weighted by atomic mass is 9.99. The molecule has 51 valence electrons. The molecule has 0 aromatic heterocycles. The van der Waals surface area contributed by atoms with Gasteiger partial charge in [0.15, 0.2) is 0 Å². The predicted octanol–water partition coefficient (Wildman–Crippen LogP) is -0.0569. The number of carbonyl (C=O) groups is 1. The van der Waals surface area contributed by atoms with Crippen LogP contribution in [0.1, 0.15) is 12.8 Å². The van der Waals surface area contributed by atoms with Crippen LogP contribution in [0.15, 0.2) is 0 Å². The molecule has 1 saturated heterocycles. The summed E-state index contributed by atoms with van der Waals surface area (Å²) in [7, 11) is 0. The third kappa shape index (κ3) is 1.68. The van der Waals surface area contributed by atoms with Crippen molar-refractivity contribution < 1.29 is 9.90 Å². The highest BCUT2D eigenvalue weighted by Gasteiger charge is 2.20. The average molecular weight is 128 g/mol. The van der Waals surface area contributed by atoms with Crippen LogP contribution in [0.25, 0.3) is 0 Å². The van der Waals surface area contributed by atoms with Crippen LogP contribution >= 0.6 is 0 Å². The zero-order valence-corrected chi connectivity index (χ0v) is 5.22. The van der Waals surface area contributed by atoms with Crippen molar-refractivity contribution >= 4 is 5.97 Å². The molecule has 1 aliphatic rings. The van der Waals surface area contributed by atoms with Gasteiger partial charge >= 0.3 is 5.97 Å². The third-order valence-corrected chi connectivity index (χ3v) is 1.67. The smallest absolute Gasteiger partial charge is 0.317 e. The van der Waals surface area contributed by atoms with E-state index in [1.165, 1.54) is 0 Å². The summed E-state index contributed by atoms with van der Waals surface area (Å²) in [4.78, 5) is 10.2. The molecule has 0 unspecified atom stereocenters. The Labute approximate surface area is 54.1 Å². The average Bonchev–Trinajstić information content (AvgIpc) is 1.90. The summed E-state index contributed by atoms with van der Waals surface area (Å²) in [6.07, 6.45) is 1.45. The first-order valence-corrected chi connectivity index (χ1v) is 3.22. The van der Waals surface area contributed by atoms with Gasteiger partial charge in [0.25, 0.3) is 0 Å². The maximum absolute atomic E-state index is 10.2. The van der Waals surface area contributed by atoms with Crippen molar-refractivity contribution in [3.05, 3.63) is 0 Å². The topological polar surface area (TPSA) is 49.0 Å². The molecule has 1 rings (SSSR count). The zero-order valence-electron chi connectivity index (χ0n) is 5.22. The first kappa shape index (κ1) is 6.55. The Morgan fingerprint density at radius 2 is 1.89 bits per heavy atom. The molecule has 0 bridgehead atoms. The predicted molar refractivity (Wildman–Crippen MR) is 31.3 cm³/mol. The second-order valence-electron chi connectivity index (χ2n) is 2.34. The van der Waals surface area contributed by atoms with Crippen molar-refractivity contribution in [2.75, 3.05) is 13.1 Å². The van der Waals surface area contributed by atoms with Crippen LogP contribution in [-0.4, -0.2) is 19.1 Å². The molecule has 0 aromatic rings. The molecule has 1 fully saturated rings. The van der Waals surface area contributed by atoms with Crippen LogP contribution < -0.4 is 5.32 Å². The molecule has 3 nitrogen and oxygen atoms in total. The second-order valence-corrected chi connectivity index (χ2v) is 2.34. The van der Waals surface area contributed by atoms with Crippen LogP contribution in [0.2, 0.25) is 0 Å². The fraction of sp³-hybridized carbons (Fsp3) is 0.833. The number of piperidine rings is 1. The van der Waals surface area contributed by atoms with E-state index in [9.17, 15) is 9.90 Å². The molecule has 1 N–H and O–H groups in total. The Bertz CT molecular complexity index is 108. The van der Waals surface area contributed by atoms with Crippen molar-refractivity contribution in [2.24, 2.45) is 5.92 Å². The number of hydrogen-bond donors (Lipinski definition) is 1. The van der Waals surface area contributed by atoms with Crippen LogP contribution in [-0.2, 0) is 9.90 Å². The normalized spacial score (nSPS) is 21.8. The molecule has 0 aromatic carbocycles. The van der Waals surface area contributed by atoms with Gasteiger partial charge in [0.1, 0.15) is 0 Å². The van der Waals surface area contributed by atoms with E-state index in [2.05, 4.69) is 5.32 Å². The molecule has 9 heavy (non-hydrogen) atoms. The number of nitrogens with one attached hydrogen (secondary N) is 1. The standard InChI is InChI=1S/C6H10NO2/c8-6(9)5-1-3-7-4-2-5/h5,7H,1-4H2. The Hall–Kier alpha value is -0.570. The minimum absolute atomic E-state index is 0.203. The van der Waals surface area contributed by atoms with Crippen molar-refractivity contribution in [3.63, 3.8) is 0 Å². The second kappa shape index (κ2) is 2.82.